The van der Waals surface area contributed by atoms with Crippen molar-refractivity contribution in [2.45, 2.75) is 20.8 Å². The monoisotopic (exact) mass is 388 g/mol. The summed E-state index contributed by atoms with van der Waals surface area (Å²) in [5.74, 6) is 0.666. The second kappa shape index (κ2) is 7.40. The van der Waals surface area contributed by atoms with Crippen molar-refractivity contribution in [3.63, 3.8) is 0 Å². The average Bonchev–Trinajstić information content (AvgIpc) is 3.25. The van der Waals surface area contributed by atoms with E-state index in [0.29, 0.717) is 5.56 Å². The minimum atomic E-state index is -0.137. The molecule has 0 saturated heterocycles. The third-order valence-corrected chi connectivity index (χ3v) is 5.36. The number of anilines is 1. The molecule has 140 valence electrons. The van der Waals surface area contributed by atoms with E-state index in [2.05, 4.69) is 15.3 Å². The lowest BCUT2D eigenvalue weighted by molar-refractivity contribution is 0.102. The molecule has 0 aliphatic carbocycles. The number of thiazole rings is 1. The highest BCUT2D eigenvalue weighted by molar-refractivity contribution is 7.09. The summed E-state index contributed by atoms with van der Waals surface area (Å²) in [6, 6.07) is 15.4. The topological polar surface area (TPSA) is 59.8 Å². The van der Waals surface area contributed by atoms with Crippen LogP contribution in [0.15, 0.2) is 60.1 Å². The number of aryl methyl sites for hydroxylation is 2. The Bertz CT molecular complexity index is 1140. The second-order valence-corrected chi connectivity index (χ2v) is 7.66. The molecule has 0 radical (unpaired) electrons. The molecule has 5 nitrogen and oxygen atoms in total. The van der Waals surface area contributed by atoms with Gasteiger partial charge in [-0.05, 0) is 51.1 Å². The smallest absolute Gasteiger partial charge is 0.257 e. The lowest BCUT2D eigenvalue weighted by Crippen LogP contribution is -2.13. The number of hydrogen-bond acceptors (Lipinski definition) is 4. The van der Waals surface area contributed by atoms with Crippen LogP contribution in [-0.4, -0.2) is 20.4 Å². The van der Waals surface area contributed by atoms with Gasteiger partial charge in [0.2, 0.25) is 0 Å². The van der Waals surface area contributed by atoms with E-state index >= 15 is 0 Å². The maximum atomic E-state index is 12.9. The standard InChI is InChI=1S/C22H20N4OS/c1-14-11-19(15(2)26(14)21-9-4-5-10-23-21)22(27)25-18-8-6-7-17(12-18)20-13-28-16(3)24-20/h4-13H,1-3H3,(H,25,27). The van der Waals surface area contributed by atoms with E-state index in [1.54, 1.807) is 17.5 Å². The van der Waals surface area contributed by atoms with E-state index < -0.39 is 0 Å². The van der Waals surface area contributed by atoms with Gasteiger partial charge < -0.3 is 9.88 Å². The SMILES string of the molecule is Cc1nc(-c2cccc(NC(=O)c3cc(C)n(-c4ccccn4)c3C)c2)cs1. The molecular formula is C22H20N4OS. The Hall–Kier alpha value is -3.25. The molecule has 3 aromatic heterocycles. The number of hydrogen-bond donors (Lipinski definition) is 1. The van der Waals surface area contributed by atoms with Gasteiger partial charge >= 0.3 is 0 Å². The largest absolute Gasteiger partial charge is 0.322 e. The normalized spacial score (nSPS) is 10.8. The van der Waals surface area contributed by atoms with Crippen molar-refractivity contribution in [3.8, 4) is 17.1 Å². The van der Waals surface area contributed by atoms with Gasteiger partial charge in [-0.3, -0.25) is 4.79 Å². The Morgan fingerprint density at radius 2 is 1.93 bits per heavy atom. The summed E-state index contributed by atoms with van der Waals surface area (Å²) in [5, 5.41) is 6.06. The minimum absolute atomic E-state index is 0.137. The van der Waals surface area contributed by atoms with Crippen LogP contribution in [0.3, 0.4) is 0 Å². The molecule has 6 heteroatoms. The molecule has 3 heterocycles. The van der Waals surface area contributed by atoms with Crippen molar-refractivity contribution >= 4 is 22.9 Å². The summed E-state index contributed by atoms with van der Waals surface area (Å²) in [6.07, 6.45) is 1.75. The van der Waals surface area contributed by atoms with Gasteiger partial charge in [-0.2, -0.15) is 0 Å². The quantitative estimate of drug-likeness (QED) is 0.524. The fraction of sp³-hybridized carbons (Fsp3) is 0.136. The van der Waals surface area contributed by atoms with Gasteiger partial charge in [-0.1, -0.05) is 18.2 Å². The van der Waals surface area contributed by atoms with E-state index in [9.17, 15) is 4.79 Å². The summed E-state index contributed by atoms with van der Waals surface area (Å²) >= 11 is 1.61. The minimum Gasteiger partial charge on any atom is -0.322 e. The summed E-state index contributed by atoms with van der Waals surface area (Å²) in [7, 11) is 0. The fourth-order valence-electron chi connectivity index (χ4n) is 3.28. The van der Waals surface area contributed by atoms with E-state index in [4.69, 9.17) is 0 Å². The van der Waals surface area contributed by atoms with Gasteiger partial charge in [-0.15, -0.1) is 11.3 Å². The van der Waals surface area contributed by atoms with Gasteiger partial charge in [0, 0.05) is 34.2 Å². The second-order valence-electron chi connectivity index (χ2n) is 6.59. The number of rotatable bonds is 4. The van der Waals surface area contributed by atoms with Crippen LogP contribution in [0.2, 0.25) is 0 Å². The van der Waals surface area contributed by atoms with Gasteiger partial charge in [0.1, 0.15) is 5.82 Å². The third kappa shape index (κ3) is 3.46. The Labute approximate surface area is 167 Å². The first-order valence-electron chi connectivity index (χ1n) is 8.97. The summed E-state index contributed by atoms with van der Waals surface area (Å²) < 4.78 is 1.99. The van der Waals surface area contributed by atoms with Crippen molar-refractivity contribution in [1.29, 1.82) is 0 Å². The zero-order valence-corrected chi connectivity index (χ0v) is 16.7. The van der Waals surface area contributed by atoms with Crippen molar-refractivity contribution in [2.75, 3.05) is 5.32 Å². The molecule has 0 bridgehead atoms. The highest BCUT2D eigenvalue weighted by Crippen LogP contribution is 2.25. The Balaban J connectivity index is 1.61. The van der Waals surface area contributed by atoms with Crippen molar-refractivity contribution < 1.29 is 4.79 Å². The molecule has 28 heavy (non-hydrogen) atoms. The van der Waals surface area contributed by atoms with Crippen LogP contribution in [0.1, 0.15) is 26.8 Å². The van der Waals surface area contributed by atoms with E-state index in [0.717, 1.165) is 39.2 Å². The van der Waals surface area contributed by atoms with Gasteiger partial charge in [0.05, 0.1) is 16.3 Å². The summed E-state index contributed by atoms with van der Waals surface area (Å²) in [5.41, 5.74) is 5.12. The number of nitrogens with zero attached hydrogens (tertiary/aromatic N) is 3. The molecule has 4 aromatic rings. The number of carbonyl (C=O) groups is 1. The van der Waals surface area contributed by atoms with Gasteiger partial charge in [0.25, 0.3) is 5.91 Å². The Morgan fingerprint density at radius 3 is 2.64 bits per heavy atom. The van der Waals surface area contributed by atoms with Crippen LogP contribution < -0.4 is 5.32 Å². The van der Waals surface area contributed by atoms with E-state index in [-0.39, 0.29) is 5.91 Å². The summed E-state index contributed by atoms with van der Waals surface area (Å²) in [4.78, 5) is 21.8. The van der Waals surface area contributed by atoms with Crippen LogP contribution >= 0.6 is 11.3 Å². The molecule has 1 N–H and O–H groups in total. The number of pyridine rings is 1. The van der Waals surface area contributed by atoms with Gasteiger partial charge in [-0.25, -0.2) is 9.97 Å². The molecule has 0 aliphatic rings. The molecule has 0 fully saturated rings. The maximum absolute atomic E-state index is 12.9. The number of amides is 1. The van der Waals surface area contributed by atoms with Crippen molar-refractivity contribution in [2.24, 2.45) is 0 Å². The highest BCUT2D eigenvalue weighted by Gasteiger charge is 2.17. The predicted molar refractivity (Wildman–Crippen MR) is 113 cm³/mol. The molecule has 0 saturated carbocycles. The maximum Gasteiger partial charge on any atom is 0.257 e. The number of aromatic nitrogens is 3. The Kier molecular flexibility index (Phi) is 4.79. The molecular weight excluding hydrogens is 368 g/mol. The third-order valence-electron chi connectivity index (χ3n) is 4.59. The number of carbonyl (C=O) groups excluding carboxylic acids is 1. The van der Waals surface area contributed by atoms with Crippen LogP contribution in [0, 0.1) is 20.8 Å². The first kappa shape index (κ1) is 18.1. The first-order valence-corrected chi connectivity index (χ1v) is 9.85. The van der Waals surface area contributed by atoms with Crippen molar-refractivity contribution in [1.82, 2.24) is 14.5 Å². The molecule has 0 spiro atoms. The van der Waals surface area contributed by atoms with Crippen LogP contribution in [0.5, 0.6) is 0 Å². The number of benzene rings is 1. The lowest BCUT2D eigenvalue weighted by Gasteiger charge is -2.09. The molecule has 1 aromatic carbocycles. The molecule has 4 rings (SSSR count). The highest BCUT2D eigenvalue weighted by atomic mass is 32.1. The average molecular weight is 388 g/mol. The molecule has 0 unspecified atom stereocenters. The zero-order valence-electron chi connectivity index (χ0n) is 15.9. The lowest BCUT2D eigenvalue weighted by atomic mass is 10.1. The zero-order chi connectivity index (χ0) is 19.7. The fourth-order valence-corrected chi connectivity index (χ4v) is 3.90. The summed E-state index contributed by atoms with van der Waals surface area (Å²) in [6.45, 7) is 5.89. The van der Waals surface area contributed by atoms with Crippen LogP contribution in [-0.2, 0) is 0 Å². The number of nitrogens with one attached hydrogen (secondary N) is 1. The van der Waals surface area contributed by atoms with E-state index in [1.165, 1.54) is 0 Å². The molecule has 1 amide bonds. The van der Waals surface area contributed by atoms with Gasteiger partial charge in [0.15, 0.2) is 0 Å². The Morgan fingerprint density at radius 1 is 1.07 bits per heavy atom. The first-order chi connectivity index (χ1) is 13.5. The van der Waals surface area contributed by atoms with Crippen LogP contribution in [0.25, 0.3) is 17.1 Å². The molecule has 0 atom stereocenters. The van der Waals surface area contributed by atoms with Crippen LogP contribution in [0.4, 0.5) is 5.69 Å². The molecule has 0 aliphatic heterocycles. The van der Waals surface area contributed by atoms with Crippen molar-refractivity contribution in [3.05, 3.63) is 82.1 Å². The van der Waals surface area contributed by atoms with E-state index in [1.807, 2.05) is 79.2 Å². The predicted octanol–water partition coefficient (Wildman–Crippen LogP) is 5.17.